The third-order valence-electron chi connectivity index (χ3n) is 3.59. The monoisotopic (exact) mass is 270 g/mol. The predicted octanol–water partition coefficient (Wildman–Crippen LogP) is 4.41. The second kappa shape index (κ2) is 4.25. The number of rotatable bonds is 1. The van der Waals surface area contributed by atoms with Gasteiger partial charge in [-0.05, 0) is 54.9 Å². The van der Waals surface area contributed by atoms with Gasteiger partial charge in [-0.3, -0.25) is 0 Å². The molecule has 0 bridgehead atoms. The average molecular weight is 271 g/mol. The first-order valence-electron chi connectivity index (χ1n) is 5.49. The number of hydrogen-bond acceptors (Lipinski definition) is 0. The highest BCUT2D eigenvalue weighted by Crippen LogP contribution is 2.43. The van der Waals surface area contributed by atoms with E-state index in [0.29, 0.717) is 16.7 Å². The molecule has 3 atom stereocenters. The van der Waals surface area contributed by atoms with Crippen LogP contribution in [0.2, 0.25) is 0 Å². The van der Waals surface area contributed by atoms with Crippen LogP contribution in [0.25, 0.3) is 0 Å². The van der Waals surface area contributed by atoms with Gasteiger partial charge in [-0.2, -0.15) is 0 Å². The molecule has 0 heterocycles. The number of alkyl halides is 1. The van der Waals surface area contributed by atoms with Crippen LogP contribution < -0.4 is 0 Å². The molecule has 1 aromatic carbocycles. The standard InChI is InChI=1S/C13H16BrF/c1-8-7-10(15)3-4-11(8)12-5-6-13(14)9(12)2/h3-4,7,9,12-13H,5-6H2,1-2H3. The fraction of sp³-hybridized carbons (Fsp3) is 0.538. The maximum atomic E-state index is 13.0. The van der Waals surface area contributed by atoms with Gasteiger partial charge in [-0.25, -0.2) is 4.39 Å². The molecule has 0 radical (unpaired) electrons. The number of benzene rings is 1. The van der Waals surface area contributed by atoms with Gasteiger partial charge in [0, 0.05) is 4.83 Å². The van der Waals surface area contributed by atoms with Gasteiger partial charge in [0.1, 0.15) is 5.82 Å². The van der Waals surface area contributed by atoms with Crippen LogP contribution in [0.15, 0.2) is 18.2 Å². The summed E-state index contributed by atoms with van der Waals surface area (Å²) in [5.74, 6) is 1.11. The van der Waals surface area contributed by atoms with Crippen LogP contribution in [0.5, 0.6) is 0 Å². The summed E-state index contributed by atoms with van der Waals surface area (Å²) in [5, 5.41) is 0. The van der Waals surface area contributed by atoms with E-state index < -0.39 is 0 Å². The zero-order chi connectivity index (χ0) is 11.0. The summed E-state index contributed by atoms with van der Waals surface area (Å²) in [7, 11) is 0. The van der Waals surface area contributed by atoms with Crippen LogP contribution >= 0.6 is 15.9 Å². The minimum Gasteiger partial charge on any atom is -0.207 e. The minimum absolute atomic E-state index is 0.128. The van der Waals surface area contributed by atoms with Crippen molar-refractivity contribution in [2.75, 3.05) is 0 Å². The molecule has 0 nitrogen and oxygen atoms in total. The molecular formula is C13H16BrF. The largest absolute Gasteiger partial charge is 0.207 e. The lowest BCUT2D eigenvalue weighted by Crippen LogP contribution is -2.10. The number of aryl methyl sites for hydroxylation is 1. The molecule has 2 rings (SSSR count). The minimum atomic E-state index is -0.128. The fourth-order valence-corrected chi connectivity index (χ4v) is 3.24. The van der Waals surface area contributed by atoms with Gasteiger partial charge in [0.25, 0.3) is 0 Å². The third-order valence-corrected chi connectivity index (χ3v) is 4.88. The number of halogens is 2. The lowest BCUT2D eigenvalue weighted by atomic mass is 9.87. The smallest absolute Gasteiger partial charge is 0.123 e. The molecule has 82 valence electrons. The summed E-state index contributed by atoms with van der Waals surface area (Å²) in [6.07, 6.45) is 2.44. The van der Waals surface area contributed by atoms with E-state index >= 15 is 0 Å². The lowest BCUT2D eigenvalue weighted by molar-refractivity contribution is 0.540. The summed E-state index contributed by atoms with van der Waals surface area (Å²) in [5.41, 5.74) is 2.42. The molecule has 3 unspecified atom stereocenters. The fourth-order valence-electron chi connectivity index (χ4n) is 2.61. The first kappa shape index (κ1) is 11.1. The Morgan fingerprint density at radius 1 is 1.33 bits per heavy atom. The molecule has 0 N–H and O–H groups in total. The first-order chi connectivity index (χ1) is 7.09. The molecule has 0 spiro atoms. The Kier molecular flexibility index (Phi) is 3.15. The van der Waals surface area contributed by atoms with Crippen LogP contribution in [0.4, 0.5) is 4.39 Å². The van der Waals surface area contributed by atoms with E-state index in [9.17, 15) is 4.39 Å². The summed E-state index contributed by atoms with van der Waals surface area (Å²) >= 11 is 3.71. The van der Waals surface area contributed by atoms with E-state index in [2.05, 4.69) is 22.9 Å². The summed E-state index contributed by atoms with van der Waals surface area (Å²) < 4.78 is 13.0. The highest BCUT2D eigenvalue weighted by molar-refractivity contribution is 9.09. The zero-order valence-corrected chi connectivity index (χ0v) is 10.7. The van der Waals surface area contributed by atoms with Gasteiger partial charge in [-0.1, -0.05) is 28.9 Å². The Bertz CT molecular complexity index is 362. The highest BCUT2D eigenvalue weighted by Gasteiger charge is 2.32. The van der Waals surface area contributed by atoms with Gasteiger partial charge in [-0.15, -0.1) is 0 Å². The van der Waals surface area contributed by atoms with Crippen LogP contribution in [0.3, 0.4) is 0 Å². The lowest BCUT2D eigenvalue weighted by Gasteiger charge is -2.19. The highest BCUT2D eigenvalue weighted by atomic mass is 79.9. The quantitative estimate of drug-likeness (QED) is 0.664. The topological polar surface area (TPSA) is 0 Å². The van der Waals surface area contributed by atoms with Gasteiger partial charge in [0.2, 0.25) is 0 Å². The first-order valence-corrected chi connectivity index (χ1v) is 6.41. The molecular weight excluding hydrogens is 255 g/mol. The van der Waals surface area contributed by atoms with Crippen LogP contribution in [-0.2, 0) is 0 Å². The van der Waals surface area contributed by atoms with Crippen LogP contribution in [-0.4, -0.2) is 4.83 Å². The van der Waals surface area contributed by atoms with Crippen molar-refractivity contribution in [3.05, 3.63) is 35.1 Å². The van der Waals surface area contributed by atoms with Gasteiger partial charge in [0.05, 0.1) is 0 Å². The SMILES string of the molecule is Cc1cc(F)ccc1C1CCC(Br)C1C. The zero-order valence-electron chi connectivity index (χ0n) is 9.13. The Hall–Kier alpha value is -0.370. The molecule has 1 aliphatic rings. The van der Waals surface area contributed by atoms with Crippen molar-refractivity contribution in [1.82, 2.24) is 0 Å². The molecule has 1 saturated carbocycles. The van der Waals surface area contributed by atoms with Gasteiger partial charge in [0.15, 0.2) is 0 Å². The van der Waals surface area contributed by atoms with E-state index in [4.69, 9.17) is 0 Å². The van der Waals surface area contributed by atoms with Gasteiger partial charge < -0.3 is 0 Å². The van der Waals surface area contributed by atoms with Crippen LogP contribution in [0, 0.1) is 18.7 Å². The average Bonchev–Trinajstić information content (AvgIpc) is 2.49. The molecule has 0 saturated heterocycles. The third kappa shape index (κ3) is 2.10. The molecule has 1 aromatic rings. The summed E-state index contributed by atoms with van der Waals surface area (Å²) in [4.78, 5) is 0.618. The Morgan fingerprint density at radius 2 is 2.07 bits per heavy atom. The second-order valence-corrected chi connectivity index (χ2v) is 5.74. The Labute approximate surface area is 99.0 Å². The molecule has 2 heteroatoms. The molecule has 1 aliphatic carbocycles. The Morgan fingerprint density at radius 3 is 2.60 bits per heavy atom. The van der Waals surface area contributed by atoms with E-state index in [1.165, 1.54) is 18.4 Å². The van der Waals surface area contributed by atoms with E-state index in [1.54, 1.807) is 12.1 Å². The van der Waals surface area contributed by atoms with Gasteiger partial charge >= 0.3 is 0 Å². The van der Waals surface area contributed by atoms with E-state index in [-0.39, 0.29) is 5.82 Å². The van der Waals surface area contributed by atoms with Crippen molar-refractivity contribution in [2.45, 2.75) is 37.4 Å². The van der Waals surface area contributed by atoms with E-state index in [0.717, 1.165) is 5.56 Å². The van der Waals surface area contributed by atoms with E-state index in [1.807, 2.05) is 13.0 Å². The normalized spacial score (nSPS) is 30.8. The van der Waals surface area contributed by atoms with Crippen molar-refractivity contribution in [3.8, 4) is 0 Å². The molecule has 0 aromatic heterocycles. The second-order valence-electron chi connectivity index (χ2n) is 4.56. The van der Waals surface area contributed by atoms with Crippen LogP contribution in [0.1, 0.15) is 36.8 Å². The molecule has 15 heavy (non-hydrogen) atoms. The van der Waals surface area contributed by atoms with Crippen molar-refractivity contribution >= 4 is 15.9 Å². The van der Waals surface area contributed by atoms with Crippen molar-refractivity contribution in [1.29, 1.82) is 0 Å². The molecule has 0 aliphatic heterocycles. The maximum Gasteiger partial charge on any atom is 0.123 e. The maximum absolute atomic E-state index is 13.0. The van der Waals surface area contributed by atoms with Crippen molar-refractivity contribution in [2.24, 2.45) is 5.92 Å². The summed E-state index contributed by atoms with van der Waals surface area (Å²) in [6.45, 7) is 4.28. The van der Waals surface area contributed by atoms with Crippen molar-refractivity contribution < 1.29 is 4.39 Å². The number of hydrogen-bond donors (Lipinski definition) is 0. The van der Waals surface area contributed by atoms with Crippen molar-refractivity contribution in [3.63, 3.8) is 0 Å². The summed E-state index contributed by atoms with van der Waals surface area (Å²) in [6, 6.07) is 5.18. The Balaban J connectivity index is 2.30. The predicted molar refractivity (Wildman–Crippen MR) is 65.0 cm³/mol. The molecule has 0 amide bonds. The molecule has 1 fully saturated rings.